The van der Waals surface area contributed by atoms with Gasteiger partial charge >= 0.3 is 0 Å². The quantitative estimate of drug-likeness (QED) is 0.273. The minimum Gasteiger partial charge on any atom is -0.508 e. The van der Waals surface area contributed by atoms with Crippen LogP contribution in [0.1, 0.15) is 17.2 Å². The summed E-state index contributed by atoms with van der Waals surface area (Å²) in [6, 6.07) is 23.6. The number of pyridine rings is 1. The van der Waals surface area contributed by atoms with Gasteiger partial charge in [-0.2, -0.15) is 0 Å². The van der Waals surface area contributed by atoms with E-state index in [9.17, 15) is 5.11 Å². The average molecular weight is 546 g/mol. The molecule has 5 aromatic rings. The summed E-state index contributed by atoms with van der Waals surface area (Å²) in [5.74, 6) is 0.224. The third kappa shape index (κ3) is 4.18. The van der Waals surface area contributed by atoms with Crippen LogP contribution < -0.4 is 5.32 Å². The van der Waals surface area contributed by atoms with Crippen LogP contribution in [0.4, 0.5) is 5.69 Å². The van der Waals surface area contributed by atoms with E-state index in [4.69, 9.17) is 0 Å². The third-order valence-corrected chi connectivity index (χ3v) is 5.77. The molecule has 3 aromatic carbocycles. The van der Waals surface area contributed by atoms with Gasteiger partial charge in [-0.05, 0) is 40.8 Å². The topological polar surface area (TPSA) is 50.1 Å². The Hall–Kier alpha value is -2.67. The fraction of sp³-hybridized carbons (Fsp3) is 0.0741. The summed E-state index contributed by atoms with van der Waals surface area (Å²) in [6.07, 6.45) is 5.83. The molecule has 0 radical (unpaired) electrons. The van der Waals surface area contributed by atoms with Crippen molar-refractivity contribution in [3.8, 4) is 5.75 Å². The summed E-state index contributed by atoms with van der Waals surface area (Å²) in [6.45, 7) is 4.54. The Bertz CT molecular complexity index is 1420. The van der Waals surface area contributed by atoms with E-state index in [0.29, 0.717) is 0 Å². The minimum atomic E-state index is -0.196. The van der Waals surface area contributed by atoms with Crippen LogP contribution >= 0.6 is 0 Å². The van der Waals surface area contributed by atoms with Crippen molar-refractivity contribution in [3.05, 3.63) is 109 Å². The van der Waals surface area contributed by atoms with Gasteiger partial charge in [0.25, 0.3) is 0 Å². The second-order valence-electron chi connectivity index (χ2n) is 7.77. The van der Waals surface area contributed by atoms with Crippen LogP contribution in [-0.2, 0) is 7.05 Å². The second kappa shape index (κ2) is 9.44. The zero-order chi connectivity index (χ0) is 21.4. The Morgan fingerprint density at radius 3 is 2.66 bits per heavy atom. The molecular weight excluding hydrogens is 522 g/mol. The number of anilines is 1. The van der Waals surface area contributed by atoms with Crippen molar-refractivity contribution >= 4 is 32.9 Å². The Morgan fingerprint density at radius 1 is 1.00 bits per heavy atom. The molecule has 1 atom stereocenters. The summed E-state index contributed by atoms with van der Waals surface area (Å²) in [5.41, 5.74) is 5.17. The predicted molar refractivity (Wildman–Crippen MR) is 128 cm³/mol. The first kappa shape index (κ1) is 22.5. The summed E-state index contributed by atoms with van der Waals surface area (Å²) in [7, 11) is 2.06. The summed E-state index contributed by atoms with van der Waals surface area (Å²) in [5, 5.41) is 17.0. The first-order valence-corrected chi connectivity index (χ1v) is 10.2. The van der Waals surface area contributed by atoms with Gasteiger partial charge in [0.15, 0.2) is 0 Å². The van der Waals surface area contributed by atoms with E-state index in [1.165, 1.54) is 5.39 Å². The molecule has 4 nitrogen and oxygen atoms in total. The van der Waals surface area contributed by atoms with Crippen LogP contribution in [0, 0.1) is 41.7 Å². The number of hydrogen-bond acceptors (Lipinski definition) is 3. The number of hydrogen-bond donors (Lipinski definition) is 2. The first-order valence-electron chi connectivity index (χ1n) is 10.2. The molecule has 2 aromatic heterocycles. The number of benzene rings is 3. The number of aromatic hydroxyl groups is 1. The molecular formula is C27H23CeN3O. The number of phenols is 1. The molecule has 32 heavy (non-hydrogen) atoms. The monoisotopic (exact) mass is 545 g/mol. The maximum absolute atomic E-state index is 9.99. The minimum absolute atomic E-state index is 0. The van der Waals surface area contributed by atoms with Crippen molar-refractivity contribution in [2.75, 3.05) is 5.32 Å². The maximum Gasteiger partial charge on any atom is 0.117 e. The van der Waals surface area contributed by atoms with Gasteiger partial charge < -0.3 is 15.0 Å². The summed E-state index contributed by atoms with van der Waals surface area (Å²) >= 11 is 0. The normalized spacial score (nSPS) is 11.8. The zero-order valence-electron chi connectivity index (χ0n) is 17.8. The van der Waals surface area contributed by atoms with E-state index in [1.54, 1.807) is 12.1 Å². The molecule has 2 N–H and O–H groups in total. The Morgan fingerprint density at radius 2 is 1.81 bits per heavy atom. The molecule has 0 bridgehead atoms. The number of phenolic OH excluding ortho intramolecular Hbond substituents is 1. The Labute approximate surface area is 221 Å². The number of nitrogens with zero attached hydrogens (tertiary/aromatic N) is 2. The van der Waals surface area contributed by atoms with Crippen molar-refractivity contribution in [1.29, 1.82) is 0 Å². The van der Waals surface area contributed by atoms with Gasteiger partial charge in [0.1, 0.15) is 5.75 Å². The van der Waals surface area contributed by atoms with E-state index in [-0.39, 0.29) is 53.5 Å². The second-order valence-corrected chi connectivity index (χ2v) is 7.77. The largest absolute Gasteiger partial charge is 0.508 e. The van der Waals surface area contributed by atoms with Gasteiger partial charge in [0, 0.05) is 101 Å². The fourth-order valence-corrected chi connectivity index (χ4v) is 4.27. The van der Waals surface area contributed by atoms with Gasteiger partial charge in [-0.3, -0.25) is 4.98 Å². The third-order valence-electron chi connectivity index (χ3n) is 5.77. The van der Waals surface area contributed by atoms with E-state index in [2.05, 4.69) is 71.1 Å². The molecule has 2 heterocycles. The number of nitrogens with one attached hydrogen (secondary N) is 1. The molecule has 0 fully saturated rings. The zero-order valence-corrected chi connectivity index (χ0v) is 20.9. The van der Waals surface area contributed by atoms with Crippen molar-refractivity contribution in [1.82, 2.24) is 9.55 Å². The number of aromatic nitrogens is 2. The molecule has 156 valence electrons. The van der Waals surface area contributed by atoms with E-state index in [1.807, 2.05) is 36.7 Å². The van der Waals surface area contributed by atoms with Crippen molar-refractivity contribution < 1.29 is 46.9 Å². The SMILES string of the molecule is C=C(c1cn(C)c2ccccc12)C(Nc1cccc(O)c1)c1cccc2cnccc12.[Ce]. The molecule has 5 heteroatoms. The molecule has 5 rings (SSSR count). The fourth-order valence-electron chi connectivity index (χ4n) is 4.27. The van der Waals surface area contributed by atoms with Crippen LogP contribution in [0.2, 0.25) is 0 Å². The van der Waals surface area contributed by atoms with Gasteiger partial charge in [-0.15, -0.1) is 0 Å². The predicted octanol–water partition coefficient (Wildman–Crippen LogP) is 6.30. The van der Waals surface area contributed by atoms with Crippen LogP contribution in [0.5, 0.6) is 5.75 Å². The van der Waals surface area contributed by atoms with Gasteiger partial charge in [0.05, 0.1) is 6.04 Å². The first-order chi connectivity index (χ1) is 15.1. The number of rotatable bonds is 5. The van der Waals surface area contributed by atoms with Crippen molar-refractivity contribution in [2.24, 2.45) is 7.05 Å². The van der Waals surface area contributed by atoms with Gasteiger partial charge in [0.2, 0.25) is 0 Å². The summed E-state index contributed by atoms with van der Waals surface area (Å²) < 4.78 is 2.13. The smallest absolute Gasteiger partial charge is 0.117 e. The number of fused-ring (bicyclic) bond motifs is 2. The molecule has 0 saturated heterocycles. The molecule has 1 unspecified atom stereocenters. The number of aryl methyl sites for hydroxylation is 1. The van der Waals surface area contributed by atoms with Crippen molar-refractivity contribution in [2.45, 2.75) is 6.04 Å². The van der Waals surface area contributed by atoms with Crippen molar-refractivity contribution in [3.63, 3.8) is 0 Å². The molecule has 0 amide bonds. The van der Waals surface area contributed by atoms with Crippen LogP contribution in [-0.4, -0.2) is 14.7 Å². The van der Waals surface area contributed by atoms with E-state index in [0.717, 1.165) is 38.7 Å². The van der Waals surface area contributed by atoms with Gasteiger partial charge in [-0.25, -0.2) is 0 Å². The summed E-state index contributed by atoms with van der Waals surface area (Å²) in [4.78, 5) is 4.28. The van der Waals surface area contributed by atoms with E-state index < -0.39 is 0 Å². The molecule has 0 aliphatic heterocycles. The standard InChI is InChI=1S/C27H23N3O.Ce/c1-18(25-17-30(2)26-12-4-3-10-23(25)26)27(29-20-8-6-9-21(31)15-20)24-11-5-7-19-16-28-14-13-22(19)24;/h3-17,27,29,31H,1H2,2H3;. The molecule has 0 aliphatic rings. The van der Waals surface area contributed by atoms with Crippen LogP contribution in [0.15, 0.2) is 98.0 Å². The molecule has 0 saturated carbocycles. The van der Waals surface area contributed by atoms with E-state index >= 15 is 0 Å². The number of para-hydroxylation sites is 1. The van der Waals surface area contributed by atoms with Gasteiger partial charge in [-0.1, -0.05) is 49.0 Å². The van der Waals surface area contributed by atoms with Crippen LogP contribution in [0.3, 0.4) is 0 Å². The molecule has 0 aliphatic carbocycles. The molecule has 0 spiro atoms. The van der Waals surface area contributed by atoms with Crippen LogP contribution in [0.25, 0.3) is 27.2 Å². The Balaban J connectivity index is 0.00000245. The average Bonchev–Trinajstić information content (AvgIpc) is 3.14. The maximum atomic E-state index is 9.99. The Kier molecular flexibility index (Phi) is 6.65.